The first kappa shape index (κ1) is 17.7. The highest BCUT2D eigenvalue weighted by Gasteiger charge is 2.44. The number of hydrogen-bond acceptors (Lipinski definition) is 3. The molecule has 2 amide bonds. The Morgan fingerprint density at radius 1 is 1.07 bits per heavy atom. The maximum atomic E-state index is 12.7. The van der Waals surface area contributed by atoms with Gasteiger partial charge in [-0.25, -0.2) is 4.79 Å². The number of fused-ring (bicyclic) bond motifs is 1. The van der Waals surface area contributed by atoms with E-state index in [9.17, 15) is 4.79 Å². The zero-order chi connectivity index (χ0) is 19.0. The van der Waals surface area contributed by atoms with Crippen molar-refractivity contribution in [3.05, 3.63) is 53.6 Å². The Labute approximate surface area is 160 Å². The second-order valence-corrected chi connectivity index (χ2v) is 7.61. The van der Waals surface area contributed by atoms with Crippen LogP contribution in [-0.2, 0) is 0 Å². The fourth-order valence-corrected chi connectivity index (χ4v) is 3.75. The van der Waals surface area contributed by atoms with E-state index in [0.29, 0.717) is 11.4 Å². The number of amides is 2. The molecule has 0 bridgehead atoms. The second kappa shape index (κ2) is 6.80. The topological polar surface area (TPSA) is 50.8 Å². The average molecular weight is 366 g/mol. The third-order valence-electron chi connectivity index (χ3n) is 5.61. The van der Waals surface area contributed by atoms with Gasteiger partial charge in [-0.3, -0.25) is 0 Å². The van der Waals surface area contributed by atoms with Crippen LogP contribution in [-0.4, -0.2) is 23.8 Å². The number of ether oxygens (including phenoxy) is 2. The number of aryl methyl sites for hydroxylation is 1. The normalized spacial score (nSPS) is 17.7. The molecule has 5 nitrogen and oxygen atoms in total. The quantitative estimate of drug-likeness (QED) is 0.806. The van der Waals surface area contributed by atoms with Gasteiger partial charge in [-0.2, -0.15) is 0 Å². The summed E-state index contributed by atoms with van der Waals surface area (Å²) in [6, 6.07) is 13.7. The van der Waals surface area contributed by atoms with Crippen molar-refractivity contribution in [1.82, 2.24) is 4.90 Å². The molecule has 1 aliphatic carbocycles. The molecule has 4 rings (SSSR count). The summed E-state index contributed by atoms with van der Waals surface area (Å²) in [6.45, 7) is 4.08. The number of carbonyl (C=O) groups is 1. The van der Waals surface area contributed by atoms with E-state index >= 15 is 0 Å². The molecule has 1 aliphatic heterocycles. The van der Waals surface area contributed by atoms with E-state index in [1.54, 1.807) is 11.9 Å². The summed E-state index contributed by atoms with van der Waals surface area (Å²) in [5.41, 5.74) is 3.02. The number of anilines is 1. The van der Waals surface area contributed by atoms with E-state index in [0.717, 1.165) is 37.0 Å². The van der Waals surface area contributed by atoms with Gasteiger partial charge in [0.2, 0.25) is 0 Å². The molecular formula is C22H26N2O3. The van der Waals surface area contributed by atoms with Gasteiger partial charge in [-0.15, -0.1) is 0 Å². The lowest BCUT2D eigenvalue weighted by Crippen LogP contribution is -2.34. The first-order chi connectivity index (χ1) is 13.0. The molecule has 1 saturated carbocycles. The molecular weight excluding hydrogens is 340 g/mol. The highest BCUT2D eigenvalue weighted by Crippen LogP contribution is 2.47. The van der Waals surface area contributed by atoms with Gasteiger partial charge in [0.25, 0.3) is 5.79 Å². The maximum absolute atomic E-state index is 12.7. The molecule has 2 aliphatic rings. The van der Waals surface area contributed by atoms with Gasteiger partial charge in [-0.05, 0) is 44.4 Å². The minimum Gasteiger partial charge on any atom is -0.448 e. The summed E-state index contributed by atoms with van der Waals surface area (Å²) in [5, 5.41) is 2.96. The van der Waals surface area contributed by atoms with Crippen molar-refractivity contribution in [1.29, 1.82) is 0 Å². The number of carbonyl (C=O) groups excluding carboxylic acids is 1. The van der Waals surface area contributed by atoms with Crippen molar-refractivity contribution in [2.24, 2.45) is 0 Å². The maximum Gasteiger partial charge on any atom is 0.322 e. The first-order valence-corrected chi connectivity index (χ1v) is 9.58. The third kappa shape index (κ3) is 3.46. The van der Waals surface area contributed by atoms with Gasteiger partial charge in [0.05, 0.1) is 6.04 Å². The highest BCUT2D eigenvalue weighted by molar-refractivity contribution is 5.89. The number of nitrogens with zero attached hydrogens (tertiary/aromatic N) is 1. The molecule has 1 heterocycles. The smallest absolute Gasteiger partial charge is 0.322 e. The number of benzene rings is 2. The van der Waals surface area contributed by atoms with E-state index in [4.69, 9.17) is 9.47 Å². The van der Waals surface area contributed by atoms with Crippen molar-refractivity contribution in [2.75, 3.05) is 12.4 Å². The van der Waals surface area contributed by atoms with Crippen LogP contribution in [0.15, 0.2) is 42.5 Å². The predicted molar refractivity (Wildman–Crippen MR) is 105 cm³/mol. The number of urea groups is 1. The van der Waals surface area contributed by atoms with Crippen molar-refractivity contribution < 1.29 is 14.3 Å². The van der Waals surface area contributed by atoms with Gasteiger partial charge in [0.1, 0.15) is 0 Å². The zero-order valence-electron chi connectivity index (χ0n) is 16.1. The van der Waals surface area contributed by atoms with Crippen LogP contribution in [0.4, 0.5) is 10.5 Å². The second-order valence-electron chi connectivity index (χ2n) is 7.61. The van der Waals surface area contributed by atoms with Crippen LogP contribution in [0.5, 0.6) is 11.5 Å². The van der Waals surface area contributed by atoms with Crippen molar-refractivity contribution in [3.63, 3.8) is 0 Å². The van der Waals surface area contributed by atoms with E-state index in [-0.39, 0.29) is 12.1 Å². The average Bonchev–Trinajstić information content (AvgIpc) is 3.26. The predicted octanol–water partition coefficient (Wildman–Crippen LogP) is 5.26. The van der Waals surface area contributed by atoms with Gasteiger partial charge in [0.15, 0.2) is 11.5 Å². The SMILES string of the molecule is Cc1ccc(C(C)N(C)C(=O)Nc2ccc3c(c2)OC2(CCCC2)O3)cc1. The van der Waals surface area contributed by atoms with Crippen molar-refractivity contribution in [2.45, 2.75) is 51.4 Å². The Hall–Kier alpha value is -2.69. The number of rotatable bonds is 3. The van der Waals surface area contributed by atoms with Crippen LogP contribution in [0.3, 0.4) is 0 Å². The van der Waals surface area contributed by atoms with Crippen LogP contribution in [0, 0.1) is 6.92 Å². The van der Waals surface area contributed by atoms with E-state index < -0.39 is 5.79 Å². The third-order valence-corrected chi connectivity index (χ3v) is 5.61. The standard InChI is InChI=1S/C22H26N2O3/c1-15-6-8-17(9-7-15)16(2)24(3)21(25)23-18-10-11-19-20(14-18)27-22(26-19)12-4-5-13-22/h6-11,14,16H,4-5,12-13H2,1-3H3,(H,23,25). The highest BCUT2D eigenvalue weighted by atomic mass is 16.7. The molecule has 0 saturated heterocycles. The lowest BCUT2D eigenvalue weighted by atomic mass is 10.1. The van der Waals surface area contributed by atoms with Crippen LogP contribution >= 0.6 is 0 Å². The molecule has 27 heavy (non-hydrogen) atoms. The van der Waals surface area contributed by atoms with Crippen molar-refractivity contribution in [3.8, 4) is 11.5 Å². The lowest BCUT2D eigenvalue weighted by Gasteiger charge is -2.25. The van der Waals surface area contributed by atoms with E-state index in [1.165, 1.54) is 5.56 Å². The van der Waals surface area contributed by atoms with Crippen molar-refractivity contribution >= 4 is 11.7 Å². The molecule has 142 valence electrons. The fraction of sp³-hybridized carbons (Fsp3) is 0.409. The summed E-state index contributed by atoms with van der Waals surface area (Å²) < 4.78 is 12.1. The minimum absolute atomic E-state index is 0.0265. The first-order valence-electron chi connectivity index (χ1n) is 9.58. The molecule has 1 fully saturated rings. The Morgan fingerprint density at radius 3 is 2.44 bits per heavy atom. The van der Waals surface area contributed by atoms with Gasteiger partial charge in [0, 0.05) is 31.6 Å². The zero-order valence-corrected chi connectivity index (χ0v) is 16.1. The van der Waals surface area contributed by atoms with Crippen LogP contribution in [0.2, 0.25) is 0 Å². The molecule has 0 aromatic heterocycles. The Bertz CT molecular complexity index is 841. The van der Waals surface area contributed by atoms with Crippen LogP contribution in [0.25, 0.3) is 0 Å². The molecule has 2 aromatic rings. The fourth-order valence-electron chi connectivity index (χ4n) is 3.75. The monoisotopic (exact) mass is 366 g/mol. The molecule has 0 radical (unpaired) electrons. The molecule has 5 heteroatoms. The minimum atomic E-state index is -0.484. The van der Waals surface area contributed by atoms with E-state index in [2.05, 4.69) is 36.5 Å². The summed E-state index contributed by atoms with van der Waals surface area (Å²) in [6.07, 6.45) is 4.08. The Balaban J connectivity index is 1.43. The molecule has 1 atom stereocenters. The molecule has 1 spiro atoms. The summed E-state index contributed by atoms with van der Waals surface area (Å²) in [5.74, 6) is 0.988. The Morgan fingerprint density at radius 2 is 1.74 bits per heavy atom. The number of nitrogens with one attached hydrogen (secondary N) is 1. The number of hydrogen-bond donors (Lipinski definition) is 1. The van der Waals surface area contributed by atoms with Gasteiger partial charge in [-0.1, -0.05) is 29.8 Å². The largest absolute Gasteiger partial charge is 0.448 e. The molecule has 2 aromatic carbocycles. The van der Waals surface area contributed by atoms with E-state index in [1.807, 2.05) is 25.1 Å². The van der Waals surface area contributed by atoms with Crippen LogP contribution in [0.1, 0.15) is 49.8 Å². The molecule has 1 N–H and O–H groups in total. The Kier molecular flexibility index (Phi) is 4.46. The summed E-state index contributed by atoms with van der Waals surface area (Å²) in [7, 11) is 1.81. The lowest BCUT2D eigenvalue weighted by molar-refractivity contribution is -0.0716. The van der Waals surface area contributed by atoms with Gasteiger partial charge >= 0.3 is 6.03 Å². The molecule has 1 unspecified atom stereocenters. The summed E-state index contributed by atoms with van der Waals surface area (Å²) >= 11 is 0. The summed E-state index contributed by atoms with van der Waals surface area (Å²) in [4.78, 5) is 14.4. The van der Waals surface area contributed by atoms with Gasteiger partial charge < -0.3 is 19.7 Å². The van der Waals surface area contributed by atoms with Crippen LogP contribution < -0.4 is 14.8 Å².